The van der Waals surface area contributed by atoms with Crippen molar-refractivity contribution in [2.75, 3.05) is 13.6 Å². The largest absolute Gasteiger partial charge is 0.339 e. The van der Waals surface area contributed by atoms with Crippen LogP contribution in [0.4, 0.5) is 0 Å². The van der Waals surface area contributed by atoms with Crippen LogP contribution in [0.15, 0.2) is 0 Å². The number of nitrogens with zero attached hydrogens (tertiary/aromatic N) is 3. The smallest absolute Gasteiger partial charge is 0.272 e. The zero-order chi connectivity index (χ0) is 11.2. The Labute approximate surface area is 87.7 Å². The summed E-state index contributed by atoms with van der Waals surface area (Å²) in [5.41, 5.74) is 1.65. The number of Topliss-reactive ketones (excluding diaryl/α,β-unsaturated/α-hetero) is 1. The zero-order valence-electron chi connectivity index (χ0n) is 9.07. The van der Waals surface area contributed by atoms with E-state index in [2.05, 4.69) is 5.10 Å². The molecule has 0 unspecified atom stereocenters. The van der Waals surface area contributed by atoms with Gasteiger partial charge in [0.1, 0.15) is 11.4 Å². The van der Waals surface area contributed by atoms with E-state index in [1.54, 1.807) is 23.6 Å². The fourth-order valence-electron chi connectivity index (χ4n) is 1.85. The van der Waals surface area contributed by atoms with Gasteiger partial charge in [-0.3, -0.25) is 14.3 Å². The van der Waals surface area contributed by atoms with Gasteiger partial charge in [-0.1, -0.05) is 0 Å². The summed E-state index contributed by atoms with van der Waals surface area (Å²) in [7, 11) is 1.76. The lowest BCUT2D eigenvalue weighted by Gasteiger charge is -2.23. The molecular formula is C10H13N3O2. The molecule has 15 heavy (non-hydrogen) atoms. The molecule has 0 radical (unpaired) electrons. The number of carbonyl (C=O) groups is 2. The minimum Gasteiger partial charge on any atom is -0.339 e. The first-order valence-electron chi connectivity index (χ1n) is 4.86. The average molecular weight is 207 g/mol. The van der Waals surface area contributed by atoms with Gasteiger partial charge in [-0.25, -0.2) is 0 Å². The van der Waals surface area contributed by atoms with E-state index in [1.165, 1.54) is 6.92 Å². The standard InChI is InChI=1S/C10H13N3O2/c1-6-8(7(2)14)11-13-5-4-12(3)10(15)9(6)13/h4-5H2,1-3H3. The van der Waals surface area contributed by atoms with Crippen molar-refractivity contribution >= 4 is 11.7 Å². The number of likely N-dealkylation sites (N-methyl/N-ethyl adjacent to an activating group) is 1. The van der Waals surface area contributed by atoms with Gasteiger partial charge in [0.2, 0.25) is 0 Å². The van der Waals surface area contributed by atoms with Crippen molar-refractivity contribution in [1.82, 2.24) is 14.7 Å². The molecule has 0 saturated carbocycles. The maximum Gasteiger partial charge on any atom is 0.272 e. The maximum absolute atomic E-state index is 11.8. The van der Waals surface area contributed by atoms with E-state index >= 15 is 0 Å². The summed E-state index contributed by atoms with van der Waals surface area (Å²) in [4.78, 5) is 24.7. The molecule has 80 valence electrons. The second-order valence-corrected chi connectivity index (χ2v) is 3.83. The molecule has 0 fully saturated rings. The molecule has 5 heteroatoms. The Bertz CT molecular complexity index is 448. The van der Waals surface area contributed by atoms with Gasteiger partial charge >= 0.3 is 0 Å². The SMILES string of the molecule is CC(=O)c1nn2c(c1C)C(=O)N(C)CC2. The van der Waals surface area contributed by atoms with E-state index < -0.39 is 0 Å². The van der Waals surface area contributed by atoms with E-state index in [-0.39, 0.29) is 11.7 Å². The fourth-order valence-corrected chi connectivity index (χ4v) is 1.85. The lowest BCUT2D eigenvalue weighted by atomic mass is 10.1. The van der Waals surface area contributed by atoms with Crippen molar-refractivity contribution < 1.29 is 9.59 Å². The summed E-state index contributed by atoms with van der Waals surface area (Å²) < 4.78 is 1.63. The molecule has 5 nitrogen and oxygen atoms in total. The van der Waals surface area contributed by atoms with Crippen LogP contribution < -0.4 is 0 Å². The molecule has 1 aromatic heterocycles. The van der Waals surface area contributed by atoms with Crippen LogP contribution >= 0.6 is 0 Å². The van der Waals surface area contributed by atoms with Crippen LogP contribution in [0.1, 0.15) is 33.5 Å². The Kier molecular flexibility index (Phi) is 2.10. The van der Waals surface area contributed by atoms with Crippen LogP contribution in [0.3, 0.4) is 0 Å². The third-order valence-corrected chi connectivity index (χ3v) is 2.72. The van der Waals surface area contributed by atoms with Gasteiger partial charge in [-0.2, -0.15) is 5.10 Å². The van der Waals surface area contributed by atoms with E-state index in [0.717, 1.165) is 0 Å². The van der Waals surface area contributed by atoms with Gasteiger partial charge in [0.05, 0.1) is 6.54 Å². The van der Waals surface area contributed by atoms with Crippen LogP contribution in [0, 0.1) is 6.92 Å². The van der Waals surface area contributed by atoms with Gasteiger partial charge < -0.3 is 4.90 Å². The zero-order valence-corrected chi connectivity index (χ0v) is 9.07. The lowest BCUT2D eigenvalue weighted by Crippen LogP contribution is -2.37. The lowest BCUT2D eigenvalue weighted by molar-refractivity contribution is 0.0741. The van der Waals surface area contributed by atoms with Gasteiger partial charge in [-0.15, -0.1) is 0 Å². The third-order valence-electron chi connectivity index (χ3n) is 2.72. The number of hydrogen-bond donors (Lipinski definition) is 0. The number of ketones is 1. The molecule has 0 N–H and O–H groups in total. The molecule has 0 aliphatic carbocycles. The number of amides is 1. The predicted molar refractivity (Wildman–Crippen MR) is 53.9 cm³/mol. The Morgan fingerprint density at radius 1 is 1.40 bits per heavy atom. The first-order chi connectivity index (χ1) is 7.02. The number of hydrogen-bond acceptors (Lipinski definition) is 3. The van der Waals surface area contributed by atoms with Gasteiger partial charge in [0.15, 0.2) is 5.78 Å². The summed E-state index contributed by atoms with van der Waals surface area (Å²) in [6.45, 7) is 4.54. The average Bonchev–Trinajstić information content (AvgIpc) is 2.50. The Hall–Kier alpha value is -1.65. The molecule has 1 aromatic rings. The van der Waals surface area contributed by atoms with E-state index in [1.807, 2.05) is 0 Å². The molecule has 1 aliphatic heterocycles. The molecule has 1 amide bonds. The fraction of sp³-hybridized carbons (Fsp3) is 0.500. The second kappa shape index (κ2) is 3.18. The summed E-state index contributed by atoms with van der Waals surface area (Å²) >= 11 is 0. The first-order valence-corrected chi connectivity index (χ1v) is 4.86. The van der Waals surface area contributed by atoms with Gasteiger partial charge in [0, 0.05) is 26.1 Å². The molecule has 2 rings (SSSR count). The normalized spacial score (nSPS) is 15.4. The number of carbonyl (C=O) groups excluding carboxylic acids is 2. The van der Waals surface area contributed by atoms with E-state index in [9.17, 15) is 9.59 Å². The molecule has 2 heterocycles. The van der Waals surface area contributed by atoms with Gasteiger partial charge in [-0.05, 0) is 6.92 Å². The van der Waals surface area contributed by atoms with Crippen molar-refractivity contribution in [2.45, 2.75) is 20.4 Å². The Morgan fingerprint density at radius 2 is 2.07 bits per heavy atom. The number of fused-ring (bicyclic) bond motifs is 1. The van der Waals surface area contributed by atoms with E-state index in [0.29, 0.717) is 30.0 Å². The number of aromatic nitrogens is 2. The van der Waals surface area contributed by atoms with Crippen LogP contribution in [0.2, 0.25) is 0 Å². The van der Waals surface area contributed by atoms with Crippen LogP contribution in [0.25, 0.3) is 0 Å². The maximum atomic E-state index is 11.8. The highest BCUT2D eigenvalue weighted by Gasteiger charge is 2.28. The Balaban J connectivity index is 2.59. The minimum atomic E-state index is -0.0927. The van der Waals surface area contributed by atoms with Crippen molar-refractivity contribution in [3.05, 3.63) is 17.0 Å². The molecule has 0 spiro atoms. The summed E-state index contributed by atoms with van der Waals surface area (Å²) in [5.74, 6) is -0.149. The highest BCUT2D eigenvalue weighted by atomic mass is 16.2. The molecule has 0 bridgehead atoms. The minimum absolute atomic E-state index is 0.0567. The van der Waals surface area contributed by atoms with Crippen molar-refractivity contribution in [1.29, 1.82) is 0 Å². The highest BCUT2D eigenvalue weighted by molar-refractivity contribution is 6.00. The van der Waals surface area contributed by atoms with Crippen LogP contribution in [0.5, 0.6) is 0 Å². The molecular weight excluding hydrogens is 194 g/mol. The van der Waals surface area contributed by atoms with Crippen molar-refractivity contribution in [3.8, 4) is 0 Å². The van der Waals surface area contributed by atoms with Crippen molar-refractivity contribution in [2.24, 2.45) is 0 Å². The first kappa shape index (κ1) is 9.89. The predicted octanol–water partition coefficient (Wildman–Crippen LogP) is 0.480. The summed E-state index contributed by atoms with van der Waals surface area (Å²) in [6, 6.07) is 0. The van der Waals surface area contributed by atoms with E-state index in [4.69, 9.17) is 0 Å². The molecule has 0 atom stereocenters. The number of rotatable bonds is 1. The third kappa shape index (κ3) is 1.35. The van der Waals surface area contributed by atoms with Crippen LogP contribution in [-0.2, 0) is 6.54 Å². The monoisotopic (exact) mass is 207 g/mol. The quantitative estimate of drug-likeness (QED) is 0.629. The molecule has 0 aromatic carbocycles. The molecule has 1 aliphatic rings. The highest BCUT2D eigenvalue weighted by Crippen LogP contribution is 2.18. The van der Waals surface area contributed by atoms with Crippen LogP contribution in [-0.4, -0.2) is 40.0 Å². The second-order valence-electron chi connectivity index (χ2n) is 3.83. The summed E-state index contributed by atoms with van der Waals surface area (Å²) in [5, 5.41) is 4.15. The summed E-state index contributed by atoms with van der Waals surface area (Å²) in [6.07, 6.45) is 0. The van der Waals surface area contributed by atoms with Gasteiger partial charge in [0.25, 0.3) is 5.91 Å². The Morgan fingerprint density at radius 3 is 2.67 bits per heavy atom. The topological polar surface area (TPSA) is 55.2 Å². The molecule has 0 saturated heterocycles. The van der Waals surface area contributed by atoms with Crippen molar-refractivity contribution in [3.63, 3.8) is 0 Å².